The zero-order valence-corrected chi connectivity index (χ0v) is 15.0. The van der Waals surface area contributed by atoms with Crippen LogP contribution >= 0.6 is 0 Å². The van der Waals surface area contributed by atoms with Crippen molar-refractivity contribution in [3.8, 4) is 0 Å². The van der Waals surface area contributed by atoms with Crippen LogP contribution in [0.4, 0.5) is 17.5 Å². The molecule has 136 valence electrons. The van der Waals surface area contributed by atoms with Crippen LogP contribution in [0.1, 0.15) is 11.3 Å². The van der Waals surface area contributed by atoms with Crippen LogP contribution in [0.2, 0.25) is 0 Å². The Morgan fingerprint density at radius 2 is 2.04 bits per heavy atom. The van der Waals surface area contributed by atoms with Gasteiger partial charge in [0.15, 0.2) is 0 Å². The van der Waals surface area contributed by atoms with Gasteiger partial charge in [-0.05, 0) is 23.2 Å². The second kappa shape index (κ2) is 8.84. The number of nitrogens with zero attached hydrogens (tertiary/aromatic N) is 3. The zero-order chi connectivity index (χ0) is 19.1. The number of nitrogens with one attached hydrogen (secondary N) is 4. The Morgan fingerprint density at radius 1 is 1.22 bits per heavy atom. The molecular formula is C18H20BN7O. The van der Waals surface area contributed by atoms with E-state index in [9.17, 15) is 4.79 Å². The summed E-state index contributed by atoms with van der Waals surface area (Å²) in [7, 11) is 7.57. The summed E-state index contributed by atoms with van der Waals surface area (Å²) in [5.41, 5.74) is 3.26. The molecule has 0 spiro atoms. The van der Waals surface area contributed by atoms with Gasteiger partial charge in [-0.25, -0.2) is 9.97 Å². The molecule has 0 atom stereocenters. The number of likely N-dealkylation sites (N-methyl/N-ethyl adjacent to an activating group) is 1. The van der Waals surface area contributed by atoms with E-state index in [0.717, 1.165) is 23.4 Å². The molecule has 0 saturated carbocycles. The van der Waals surface area contributed by atoms with Crippen molar-refractivity contribution in [3.05, 3.63) is 54.2 Å². The van der Waals surface area contributed by atoms with Crippen LogP contribution in [0, 0.1) is 0 Å². The van der Waals surface area contributed by atoms with Gasteiger partial charge in [-0.1, -0.05) is 12.1 Å². The van der Waals surface area contributed by atoms with Crippen molar-refractivity contribution in [1.29, 1.82) is 0 Å². The standard InChI is InChI=1S/C18H20BN7O/c1-20-16(27)8-12-2-4-13(5-3-12)25-18-23-10-15(19)17(26-18)22-7-6-14-9-21-11-24-14/h2-5,9-11H,6-8H2,1H3,(H,20,27)(H,21,24)(H2,22,23,25,26). The number of carbonyl (C=O) groups excluding carboxylic acids is 1. The number of imidazole rings is 1. The first-order valence-electron chi connectivity index (χ1n) is 8.54. The van der Waals surface area contributed by atoms with Crippen molar-refractivity contribution >= 4 is 36.7 Å². The lowest BCUT2D eigenvalue weighted by molar-refractivity contribution is -0.119. The van der Waals surface area contributed by atoms with E-state index in [4.69, 9.17) is 7.85 Å². The summed E-state index contributed by atoms with van der Waals surface area (Å²) in [6.45, 7) is 0.664. The fourth-order valence-electron chi connectivity index (χ4n) is 2.44. The Bertz CT molecular complexity index is 881. The molecule has 0 aliphatic carbocycles. The van der Waals surface area contributed by atoms with Crippen LogP contribution in [0.3, 0.4) is 0 Å². The minimum absolute atomic E-state index is 0.0246. The summed E-state index contributed by atoms with van der Waals surface area (Å²) in [5, 5.41) is 8.95. The third-order valence-electron chi connectivity index (χ3n) is 3.91. The van der Waals surface area contributed by atoms with Gasteiger partial charge in [-0.3, -0.25) is 4.79 Å². The highest BCUT2D eigenvalue weighted by Gasteiger charge is 2.05. The van der Waals surface area contributed by atoms with Gasteiger partial charge in [0.1, 0.15) is 13.7 Å². The molecule has 4 N–H and O–H groups in total. The first-order valence-corrected chi connectivity index (χ1v) is 8.54. The minimum Gasteiger partial charge on any atom is -0.370 e. The van der Waals surface area contributed by atoms with Crippen LogP contribution in [-0.2, 0) is 17.6 Å². The molecule has 27 heavy (non-hydrogen) atoms. The molecule has 1 aromatic carbocycles. The predicted octanol–water partition coefficient (Wildman–Crippen LogP) is 0.680. The normalized spacial score (nSPS) is 10.4. The van der Waals surface area contributed by atoms with E-state index >= 15 is 0 Å². The summed E-state index contributed by atoms with van der Waals surface area (Å²) in [4.78, 5) is 27.1. The molecule has 2 heterocycles. The molecule has 3 rings (SSSR count). The number of benzene rings is 1. The number of aromatic nitrogens is 4. The average Bonchev–Trinajstić information content (AvgIpc) is 3.19. The number of anilines is 3. The fraction of sp³-hybridized carbons (Fsp3) is 0.222. The molecule has 1 amide bonds. The summed E-state index contributed by atoms with van der Waals surface area (Å²) < 4.78 is 0. The van der Waals surface area contributed by atoms with Crippen molar-refractivity contribution in [3.63, 3.8) is 0 Å². The first kappa shape index (κ1) is 18.4. The molecule has 0 unspecified atom stereocenters. The maximum Gasteiger partial charge on any atom is 0.229 e. The second-order valence-electron chi connectivity index (χ2n) is 5.92. The van der Waals surface area contributed by atoms with Crippen molar-refractivity contribution in [2.75, 3.05) is 24.2 Å². The largest absolute Gasteiger partial charge is 0.370 e. The minimum atomic E-state index is -0.0246. The van der Waals surface area contributed by atoms with Gasteiger partial charge in [0, 0.05) is 43.8 Å². The number of aromatic amines is 1. The monoisotopic (exact) mass is 361 g/mol. The lowest BCUT2D eigenvalue weighted by Crippen LogP contribution is -2.19. The topological polar surface area (TPSA) is 108 Å². The SMILES string of the molecule is [B]c1cnc(Nc2ccc(CC(=O)NC)cc2)nc1NCCc1cnc[nH]1. The first-order chi connectivity index (χ1) is 13.1. The number of amides is 1. The number of H-pyrrole nitrogens is 1. The summed E-state index contributed by atoms with van der Waals surface area (Å²) in [6.07, 6.45) is 6.12. The van der Waals surface area contributed by atoms with Crippen molar-refractivity contribution in [2.24, 2.45) is 0 Å². The Balaban J connectivity index is 1.60. The van der Waals surface area contributed by atoms with E-state index in [1.165, 1.54) is 0 Å². The number of hydrogen-bond donors (Lipinski definition) is 4. The quantitative estimate of drug-likeness (QED) is 0.440. The van der Waals surface area contributed by atoms with E-state index in [0.29, 0.717) is 30.2 Å². The van der Waals surface area contributed by atoms with Gasteiger partial charge in [0.2, 0.25) is 11.9 Å². The lowest BCUT2D eigenvalue weighted by Gasteiger charge is -2.11. The summed E-state index contributed by atoms with van der Waals surface area (Å²) in [6, 6.07) is 7.53. The molecule has 0 aliphatic rings. The Kier molecular flexibility index (Phi) is 6.04. The van der Waals surface area contributed by atoms with E-state index in [1.54, 1.807) is 25.8 Å². The second-order valence-corrected chi connectivity index (χ2v) is 5.92. The van der Waals surface area contributed by atoms with Crippen LogP contribution in [0.25, 0.3) is 0 Å². The van der Waals surface area contributed by atoms with Gasteiger partial charge in [0.25, 0.3) is 0 Å². The van der Waals surface area contributed by atoms with Crippen molar-refractivity contribution in [2.45, 2.75) is 12.8 Å². The smallest absolute Gasteiger partial charge is 0.229 e. The molecule has 9 heteroatoms. The molecule has 2 aromatic heterocycles. The van der Waals surface area contributed by atoms with Gasteiger partial charge in [0.05, 0.1) is 12.7 Å². The predicted molar refractivity (Wildman–Crippen MR) is 106 cm³/mol. The number of hydrogen-bond acceptors (Lipinski definition) is 6. The molecule has 3 aromatic rings. The fourth-order valence-corrected chi connectivity index (χ4v) is 2.44. The number of carbonyl (C=O) groups is 1. The van der Waals surface area contributed by atoms with Crippen LogP contribution in [-0.4, -0.2) is 47.3 Å². The highest BCUT2D eigenvalue weighted by molar-refractivity contribution is 6.35. The molecule has 8 nitrogen and oxygen atoms in total. The van der Waals surface area contributed by atoms with Crippen LogP contribution < -0.4 is 21.4 Å². The summed E-state index contributed by atoms with van der Waals surface area (Å²) >= 11 is 0. The Labute approximate surface area is 158 Å². The van der Waals surface area contributed by atoms with Gasteiger partial charge >= 0.3 is 0 Å². The van der Waals surface area contributed by atoms with E-state index in [1.807, 2.05) is 24.3 Å². The Hall–Kier alpha value is -3.36. The van der Waals surface area contributed by atoms with E-state index in [2.05, 4.69) is 35.9 Å². The Morgan fingerprint density at radius 3 is 2.74 bits per heavy atom. The average molecular weight is 361 g/mol. The third-order valence-corrected chi connectivity index (χ3v) is 3.91. The highest BCUT2D eigenvalue weighted by atomic mass is 16.1. The third kappa shape index (κ3) is 5.31. The molecule has 0 aliphatic heterocycles. The zero-order valence-electron chi connectivity index (χ0n) is 15.0. The molecule has 0 fully saturated rings. The maximum absolute atomic E-state index is 11.4. The van der Waals surface area contributed by atoms with Crippen LogP contribution in [0.15, 0.2) is 43.0 Å². The molecular weight excluding hydrogens is 341 g/mol. The molecule has 2 radical (unpaired) electrons. The molecule has 0 bridgehead atoms. The highest BCUT2D eigenvalue weighted by Crippen LogP contribution is 2.15. The van der Waals surface area contributed by atoms with Gasteiger partial charge < -0.3 is 20.9 Å². The van der Waals surface area contributed by atoms with Crippen LogP contribution in [0.5, 0.6) is 0 Å². The number of rotatable bonds is 8. The lowest BCUT2D eigenvalue weighted by atomic mass is 9.99. The van der Waals surface area contributed by atoms with Gasteiger partial charge in [-0.15, -0.1) is 0 Å². The van der Waals surface area contributed by atoms with Crippen molar-refractivity contribution in [1.82, 2.24) is 25.3 Å². The van der Waals surface area contributed by atoms with Crippen molar-refractivity contribution < 1.29 is 4.79 Å². The van der Waals surface area contributed by atoms with E-state index < -0.39 is 0 Å². The molecule has 0 saturated heterocycles. The van der Waals surface area contributed by atoms with Gasteiger partial charge in [-0.2, -0.15) is 4.98 Å². The van der Waals surface area contributed by atoms with E-state index in [-0.39, 0.29) is 5.91 Å². The maximum atomic E-state index is 11.4. The summed E-state index contributed by atoms with van der Waals surface area (Å²) in [5.74, 6) is 0.985.